The molecule has 0 bridgehead atoms. The number of thioether (sulfide) groups is 2. The number of fused-ring (bicyclic) bond motifs is 3. The summed E-state index contributed by atoms with van der Waals surface area (Å²) in [5.41, 5.74) is 1.00. The normalized spacial score (nSPS) is 56.0. The molecule has 3 fully saturated rings. The Hall–Kier alpha value is 0.440. The molecule has 8 atom stereocenters. The average Bonchev–Trinajstić information content (AvgIpc) is 2.90. The van der Waals surface area contributed by atoms with Crippen molar-refractivity contribution in [2.45, 2.75) is 81.3 Å². The molecule has 0 aromatic heterocycles. The zero-order chi connectivity index (χ0) is 15.4. The van der Waals surface area contributed by atoms with E-state index in [0.29, 0.717) is 10.8 Å². The van der Waals surface area contributed by atoms with Crippen LogP contribution in [0.15, 0.2) is 12.7 Å². The summed E-state index contributed by atoms with van der Waals surface area (Å²) < 4.78 is 0. The van der Waals surface area contributed by atoms with E-state index in [1.165, 1.54) is 25.7 Å². The van der Waals surface area contributed by atoms with Crippen molar-refractivity contribution in [2.24, 2.45) is 22.7 Å². The highest BCUT2D eigenvalue weighted by Gasteiger charge is 2.66. The standard InChI is InChI=1S/C19H32S2/c1-7-11-18(5)14(8-2)20-17-16(18)21-15-12(3)9-10-13(4)19(15,17)6/h7,12-17H,1,8-11H2,2-6H3/t12?,13?,14-,15?,16?,17?,18?,19?/m1/s1. The summed E-state index contributed by atoms with van der Waals surface area (Å²) in [4.78, 5) is 0. The van der Waals surface area contributed by atoms with Crippen molar-refractivity contribution < 1.29 is 0 Å². The number of hydrogen-bond donors (Lipinski definition) is 0. The molecule has 2 heteroatoms. The van der Waals surface area contributed by atoms with Gasteiger partial charge < -0.3 is 0 Å². The molecule has 0 N–H and O–H groups in total. The van der Waals surface area contributed by atoms with Crippen LogP contribution in [0.25, 0.3) is 0 Å². The molecule has 2 heterocycles. The molecule has 120 valence electrons. The minimum absolute atomic E-state index is 0.455. The molecule has 0 amide bonds. The van der Waals surface area contributed by atoms with E-state index >= 15 is 0 Å². The highest BCUT2D eigenvalue weighted by molar-refractivity contribution is 8.06. The molecule has 0 nitrogen and oxygen atoms in total. The van der Waals surface area contributed by atoms with Crippen molar-refractivity contribution in [2.75, 3.05) is 0 Å². The van der Waals surface area contributed by atoms with Gasteiger partial charge in [0.1, 0.15) is 0 Å². The van der Waals surface area contributed by atoms with E-state index in [9.17, 15) is 0 Å². The largest absolute Gasteiger partial charge is 0.153 e. The van der Waals surface area contributed by atoms with E-state index in [1.54, 1.807) is 0 Å². The molecule has 0 radical (unpaired) electrons. The molecular formula is C19H32S2. The molecule has 7 unspecified atom stereocenters. The molecule has 2 saturated heterocycles. The summed E-state index contributed by atoms with van der Waals surface area (Å²) in [5.74, 6) is 1.78. The Morgan fingerprint density at radius 1 is 1.10 bits per heavy atom. The Bertz CT molecular complexity index is 420. The van der Waals surface area contributed by atoms with Crippen LogP contribution in [0, 0.1) is 22.7 Å². The first kappa shape index (κ1) is 16.3. The van der Waals surface area contributed by atoms with E-state index in [0.717, 1.165) is 32.8 Å². The summed E-state index contributed by atoms with van der Waals surface area (Å²) in [6, 6.07) is 0. The minimum Gasteiger partial charge on any atom is -0.153 e. The highest BCUT2D eigenvalue weighted by atomic mass is 32.2. The van der Waals surface area contributed by atoms with E-state index in [1.807, 2.05) is 0 Å². The van der Waals surface area contributed by atoms with Gasteiger partial charge in [0.2, 0.25) is 0 Å². The van der Waals surface area contributed by atoms with Crippen LogP contribution in [0.2, 0.25) is 0 Å². The third-order valence-electron chi connectivity index (χ3n) is 7.08. The molecule has 3 rings (SSSR count). The van der Waals surface area contributed by atoms with Crippen molar-refractivity contribution in [3.05, 3.63) is 12.7 Å². The minimum atomic E-state index is 0.455. The van der Waals surface area contributed by atoms with Gasteiger partial charge in [-0.2, -0.15) is 23.5 Å². The van der Waals surface area contributed by atoms with Gasteiger partial charge in [0, 0.05) is 21.0 Å². The predicted molar refractivity (Wildman–Crippen MR) is 99.2 cm³/mol. The average molecular weight is 325 g/mol. The lowest BCUT2D eigenvalue weighted by atomic mass is 9.61. The SMILES string of the molecule is C=CCC1(C)C2SC3C(C)CCC(C)C3(C)C2S[C@@H]1CC. The first-order chi connectivity index (χ1) is 9.89. The second kappa shape index (κ2) is 5.51. The molecule has 1 aliphatic carbocycles. The van der Waals surface area contributed by atoms with Crippen LogP contribution < -0.4 is 0 Å². The van der Waals surface area contributed by atoms with Gasteiger partial charge in [-0.15, -0.1) is 6.58 Å². The van der Waals surface area contributed by atoms with Gasteiger partial charge in [-0.05, 0) is 48.3 Å². The highest BCUT2D eigenvalue weighted by Crippen LogP contribution is 2.71. The lowest BCUT2D eigenvalue weighted by Gasteiger charge is -2.47. The molecule has 21 heavy (non-hydrogen) atoms. The van der Waals surface area contributed by atoms with Crippen molar-refractivity contribution in [3.8, 4) is 0 Å². The van der Waals surface area contributed by atoms with E-state index in [-0.39, 0.29) is 0 Å². The third-order valence-corrected chi connectivity index (χ3v) is 11.9. The fourth-order valence-electron chi connectivity index (χ4n) is 5.50. The summed E-state index contributed by atoms with van der Waals surface area (Å²) in [6.07, 6.45) is 7.57. The lowest BCUT2D eigenvalue weighted by Crippen LogP contribution is -2.46. The summed E-state index contributed by atoms with van der Waals surface area (Å²) >= 11 is 4.72. The molecule has 0 spiro atoms. The Balaban J connectivity index is 1.98. The van der Waals surface area contributed by atoms with Gasteiger partial charge in [0.15, 0.2) is 0 Å². The fourth-order valence-corrected chi connectivity index (χ4v) is 10.7. The van der Waals surface area contributed by atoms with Gasteiger partial charge in [-0.3, -0.25) is 0 Å². The third kappa shape index (κ3) is 2.11. The maximum Gasteiger partial charge on any atom is 0.0242 e. The van der Waals surface area contributed by atoms with Crippen LogP contribution >= 0.6 is 23.5 Å². The quantitative estimate of drug-likeness (QED) is 0.582. The molecule has 1 saturated carbocycles. The van der Waals surface area contributed by atoms with Crippen molar-refractivity contribution in [1.82, 2.24) is 0 Å². The number of rotatable bonds is 3. The summed E-state index contributed by atoms with van der Waals surface area (Å²) in [6.45, 7) is 16.7. The molecule has 0 aromatic rings. The zero-order valence-corrected chi connectivity index (χ0v) is 16.0. The molecular weight excluding hydrogens is 292 g/mol. The molecule has 2 aliphatic heterocycles. The van der Waals surface area contributed by atoms with Crippen LogP contribution in [-0.4, -0.2) is 21.0 Å². The lowest BCUT2D eigenvalue weighted by molar-refractivity contribution is 0.107. The Morgan fingerprint density at radius 2 is 1.81 bits per heavy atom. The van der Waals surface area contributed by atoms with E-state index in [4.69, 9.17) is 0 Å². The van der Waals surface area contributed by atoms with Crippen molar-refractivity contribution in [1.29, 1.82) is 0 Å². The van der Waals surface area contributed by atoms with Crippen molar-refractivity contribution >= 4 is 23.5 Å². The van der Waals surface area contributed by atoms with Crippen LogP contribution in [0.4, 0.5) is 0 Å². The van der Waals surface area contributed by atoms with E-state index < -0.39 is 0 Å². The molecule has 3 aliphatic rings. The van der Waals surface area contributed by atoms with Gasteiger partial charge >= 0.3 is 0 Å². The van der Waals surface area contributed by atoms with E-state index in [2.05, 4.69) is 70.8 Å². The maximum absolute atomic E-state index is 4.07. The Morgan fingerprint density at radius 3 is 2.43 bits per heavy atom. The maximum atomic E-state index is 4.07. The van der Waals surface area contributed by atoms with Gasteiger partial charge in [-0.25, -0.2) is 0 Å². The van der Waals surface area contributed by atoms with Crippen LogP contribution in [0.3, 0.4) is 0 Å². The smallest absolute Gasteiger partial charge is 0.0242 e. The summed E-state index contributed by atoms with van der Waals surface area (Å²) in [7, 11) is 0. The monoisotopic (exact) mass is 324 g/mol. The van der Waals surface area contributed by atoms with Gasteiger partial charge in [0.25, 0.3) is 0 Å². The van der Waals surface area contributed by atoms with Crippen LogP contribution in [0.5, 0.6) is 0 Å². The van der Waals surface area contributed by atoms with Crippen molar-refractivity contribution in [3.63, 3.8) is 0 Å². The van der Waals surface area contributed by atoms with Crippen LogP contribution in [0.1, 0.15) is 60.3 Å². The molecule has 0 aromatic carbocycles. The number of allylic oxidation sites excluding steroid dienone is 1. The summed E-state index contributed by atoms with van der Waals surface area (Å²) in [5, 5.41) is 3.40. The topological polar surface area (TPSA) is 0 Å². The number of hydrogen-bond acceptors (Lipinski definition) is 2. The predicted octanol–water partition coefficient (Wildman–Crippen LogP) is 6.02. The zero-order valence-electron chi connectivity index (χ0n) is 14.4. The first-order valence-corrected chi connectivity index (χ1v) is 10.7. The van der Waals surface area contributed by atoms with Gasteiger partial charge in [0.05, 0.1) is 0 Å². The second-order valence-corrected chi connectivity index (χ2v) is 10.9. The Labute approximate surface area is 140 Å². The fraction of sp³-hybridized carbons (Fsp3) is 0.895. The second-order valence-electron chi connectivity index (χ2n) is 8.25. The first-order valence-electron chi connectivity index (χ1n) is 8.81. The van der Waals surface area contributed by atoms with Gasteiger partial charge in [-0.1, -0.05) is 40.7 Å². The Kier molecular flexibility index (Phi) is 4.28. The van der Waals surface area contributed by atoms with Crippen LogP contribution in [-0.2, 0) is 0 Å².